The normalized spacial score (nSPS) is 8.09. The van der Waals surface area contributed by atoms with E-state index in [1.54, 1.807) is 0 Å². The molecule has 0 bridgehead atoms. The minimum Gasteiger partial charge on any atom is -0.317 e. The molecular weight excluding hydrogens is 164 g/mol. The molecule has 0 fully saturated rings. The number of nitrogens with zero attached hydrogens (tertiary/aromatic N) is 3. The van der Waals surface area contributed by atoms with Crippen LogP contribution < -0.4 is 5.32 Å². The maximum atomic E-state index is 7.90. The van der Waals surface area contributed by atoms with E-state index in [4.69, 9.17) is 5.53 Å². The summed E-state index contributed by atoms with van der Waals surface area (Å²) in [6, 6.07) is 0. The molecule has 0 saturated heterocycles. The van der Waals surface area contributed by atoms with Gasteiger partial charge < -0.3 is 5.32 Å². The minimum atomic E-state index is 0. The van der Waals surface area contributed by atoms with Gasteiger partial charge in [-0.3, -0.25) is 0 Å². The Morgan fingerprint density at radius 3 is 2.73 bits per heavy atom. The predicted molar refractivity (Wildman–Crippen MR) is 49.0 cm³/mol. The van der Waals surface area contributed by atoms with E-state index in [9.17, 15) is 0 Å². The van der Waals surface area contributed by atoms with Crippen molar-refractivity contribution in [2.24, 2.45) is 5.11 Å². The second kappa shape index (κ2) is 12.3. The molecule has 0 aromatic heterocycles. The van der Waals surface area contributed by atoms with Crippen LogP contribution >= 0.6 is 12.4 Å². The molecule has 0 radical (unpaired) electrons. The number of rotatable bonds is 6. The number of unbranched alkanes of at least 4 members (excludes halogenated alkanes) is 1. The number of halogens is 1. The molecule has 11 heavy (non-hydrogen) atoms. The number of hydrogen-bond donors (Lipinski definition) is 1. The van der Waals surface area contributed by atoms with Gasteiger partial charge in [0, 0.05) is 18.0 Å². The highest BCUT2D eigenvalue weighted by Crippen LogP contribution is 1.81. The molecule has 66 valence electrons. The lowest BCUT2D eigenvalue weighted by atomic mass is 10.3. The molecule has 0 amide bonds. The molecule has 0 aliphatic rings. The first-order chi connectivity index (χ1) is 4.91. The van der Waals surface area contributed by atoms with E-state index < -0.39 is 0 Å². The Bertz CT molecular complexity index is 111. The fourth-order valence-corrected chi connectivity index (χ4v) is 0.601. The number of azide groups is 1. The summed E-state index contributed by atoms with van der Waals surface area (Å²) in [5.74, 6) is 0. The Morgan fingerprint density at radius 2 is 2.18 bits per heavy atom. The second-order valence-corrected chi connectivity index (χ2v) is 2.06. The Balaban J connectivity index is 0. The monoisotopic (exact) mass is 178 g/mol. The van der Waals surface area contributed by atoms with Gasteiger partial charge in [-0.25, -0.2) is 0 Å². The molecule has 0 aromatic carbocycles. The summed E-state index contributed by atoms with van der Waals surface area (Å²) < 4.78 is 0. The lowest BCUT2D eigenvalue weighted by Crippen LogP contribution is -2.18. The zero-order chi connectivity index (χ0) is 7.66. The van der Waals surface area contributed by atoms with Crippen LogP contribution in [0.25, 0.3) is 10.4 Å². The first-order valence-electron chi connectivity index (χ1n) is 3.63. The molecule has 0 aromatic rings. The summed E-state index contributed by atoms with van der Waals surface area (Å²) >= 11 is 0. The van der Waals surface area contributed by atoms with E-state index in [1.807, 2.05) is 0 Å². The van der Waals surface area contributed by atoms with Crippen molar-refractivity contribution in [1.29, 1.82) is 0 Å². The molecule has 0 spiro atoms. The third-order valence-electron chi connectivity index (χ3n) is 1.16. The quantitative estimate of drug-likeness (QED) is 0.288. The standard InChI is InChI=1S/C6H14N4.ClH/c1-2-3-4-8-5-6-9-10-7;/h8H,2-6H2,1H3;1H. The van der Waals surface area contributed by atoms with Gasteiger partial charge in [0.1, 0.15) is 0 Å². The van der Waals surface area contributed by atoms with E-state index in [2.05, 4.69) is 22.3 Å². The van der Waals surface area contributed by atoms with Crippen molar-refractivity contribution in [3.8, 4) is 0 Å². The lowest BCUT2D eigenvalue weighted by Gasteiger charge is -1.98. The molecule has 1 N–H and O–H groups in total. The van der Waals surface area contributed by atoms with E-state index in [-0.39, 0.29) is 12.4 Å². The van der Waals surface area contributed by atoms with Crippen LogP contribution in [0, 0.1) is 0 Å². The van der Waals surface area contributed by atoms with Crippen molar-refractivity contribution in [3.05, 3.63) is 10.4 Å². The zero-order valence-electron chi connectivity index (χ0n) is 6.79. The molecule has 0 aliphatic heterocycles. The van der Waals surface area contributed by atoms with E-state index in [0.29, 0.717) is 6.54 Å². The van der Waals surface area contributed by atoms with Crippen molar-refractivity contribution in [2.45, 2.75) is 19.8 Å². The number of nitrogens with one attached hydrogen (secondary N) is 1. The molecule has 5 heteroatoms. The Morgan fingerprint density at radius 1 is 1.45 bits per heavy atom. The average molecular weight is 179 g/mol. The van der Waals surface area contributed by atoms with E-state index in [0.717, 1.165) is 13.1 Å². The Hall–Kier alpha value is -0.440. The van der Waals surface area contributed by atoms with Gasteiger partial charge in [-0.1, -0.05) is 18.5 Å². The summed E-state index contributed by atoms with van der Waals surface area (Å²) in [5.41, 5.74) is 7.90. The summed E-state index contributed by atoms with van der Waals surface area (Å²) in [6.07, 6.45) is 2.39. The average Bonchev–Trinajstić information content (AvgIpc) is 1.97. The zero-order valence-corrected chi connectivity index (χ0v) is 7.60. The Labute approximate surface area is 73.4 Å². The topological polar surface area (TPSA) is 60.8 Å². The molecular formula is C6H15ClN4. The SMILES string of the molecule is CCCCNCCN=[N+]=[N-].Cl. The van der Waals surface area contributed by atoms with Gasteiger partial charge in [0.25, 0.3) is 0 Å². The van der Waals surface area contributed by atoms with E-state index in [1.165, 1.54) is 12.8 Å². The van der Waals surface area contributed by atoms with Gasteiger partial charge in [-0.15, -0.1) is 12.4 Å². The van der Waals surface area contributed by atoms with Crippen molar-refractivity contribution < 1.29 is 0 Å². The minimum absolute atomic E-state index is 0. The summed E-state index contributed by atoms with van der Waals surface area (Å²) in [5, 5.41) is 6.54. The van der Waals surface area contributed by atoms with Crippen molar-refractivity contribution >= 4 is 12.4 Å². The molecule has 0 rings (SSSR count). The lowest BCUT2D eigenvalue weighted by molar-refractivity contribution is 0.645. The summed E-state index contributed by atoms with van der Waals surface area (Å²) in [4.78, 5) is 2.64. The third kappa shape index (κ3) is 12.7. The van der Waals surface area contributed by atoms with Crippen molar-refractivity contribution in [1.82, 2.24) is 5.32 Å². The van der Waals surface area contributed by atoms with Gasteiger partial charge in [0.2, 0.25) is 0 Å². The molecule has 0 atom stereocenters. The van der Waals surface area contributed by atoms with Crippen LogP contribution in [0.15, 0.2) is 5.11 Å². The largest absolute Gasteiger partial charge is 0.317 e. The maximum Gasteiger partial charge on any atom is 0.0383 e. The number of hydrogen-bond acceptors (Lipinski definition) is 2. The molecule has 0 saturated carbocycles. The van der Waals surface area contributed by atoms with Crippen LogP contribution in [0.3, 0.4) is 0 Å². The van der Waals surface area contributed by atoms with Gasteiger partial charge in [0.15, 0.2) is 0 Å². The van der Waals surface area contributed by atoms with Gasteiger partial charge in [-0.05, 0) is 18.5 Å². The van der Waals surface area contributed by atoms with Crippen molar-refractivity contribution in [2.75, 3.05) is 19.6 Å². The predicted octanol–water partition coefficient (Wildman–Crippen LogP) is 2.11. The smallest absolute Gasteiger partial charge is 0.0383 e. The highest BCUT2D eigenvalue weighted by molar-refractivity contribution is 5.85. The molecule has 0 heterocycles. The fraction of sp³-hybridized carbons (Fsp3) is 1.00. The highest BCUT2D eigenvalue weighted by Gasteiger charge is 1.82. The maximum absolute atomic E-state index is 7.90. The van der Waals surface area contributed by atoms with Gasteiger partial charge in [-0.2, -0.15) is 0 Å². The van der Waals surface area contributed by atoms with Crippen LogP contribution in [0.1, 0.15) is 19.8 Å². The van der Waals surface area contributed by atoms with Crippen LogP contribution in [0.5, 0.6) is 0 Å². The van der Waals surface area contributed by atoms with Gasteiger partial charge >= 0.3 is 0 Å². The summed E-state index contributed by atoms with van der Waals surface area (Å²) in [6.45, 7) is 4.52. The fourth-order valence-electron chi connectivity index (χ4n) is 0.601. The van der Waals surface area contributed by atoms with Crippen LogP contribution in [0.2, 0.25) is 0 Å². The first-order valence-corrected chi connectivity index (χ1v) is 3.63. The molecule has 4 nitrogen and oxygen atoms in total. The van der Waals surface area contributed by atoms with E-state index >= 15 is 0 Å². The van der Waals surface area contributed by atoms with Crippen molar-refractivity contribution in [3.63, 3.8) is 0 Å². The molecule has 0 aliphatic carbocycles. The second-order valence-electron chi connectivity index (χ2n) is 2.06. The highest BCUT2D eigenvalue weighted by atomic mass is 35.5. The summed E-state index contributed by atoms with van der Waals surface area (Å²) in [7, 11) is 0. The molecule has 0 unspecified atom stereocenters. The van der Waals surface area contributed by atoms with Crippen LogP contribution in [-0.2, 0) is 0 Å². The first kappa shape index (κ1) is 13.2. The third-order valence-corrected chi connectivity index (χ3v) is 1.16. The van der Waals surface area contributed by atoms with Crippen LogP contribution in [0.4, 0.5) is 0 Å². The van der Waals surface area contributed by atoms with Crippen LogP contribution in [-0.4, -0.2) is 19.6 Å². The Kier molecular flexibility index (Phi) is 14.7. The van der Waals surface area contributed by atoms with Gasteiger partial charge in [0.05, 0.1) is 0 Å².